The molecule has 0 radical (unpaired) electrons. The lowest BCUT2D eigenvalue weighted by Gasteiger charge is -2.08. The smallest absolute Gasteiger partial charge is 0.416 e. The number of ether oxygens (including phenoxy) is 1. The molecule has 0 atom stereocenters. The molecular weight excluding hydrogens is 445 g/mol. The highest BCUT2D eigenvalue weighted by molar-refractivity contribution is 7.13. The maximum atomic E-state index is 12.7. The zero-order valence-corrected chi connectivity index (χ0v) is 17.1. The number of halogens is 3. The van der Waals surface area contributed by atoms with Gasteiger partial charge < -0.3 is 4.74 Å². The van der Waals surface area contributed by atoms with Crippen LogP contribution in [-0.2, 0) is 22.2 Å². The van der Waals surface area contributed by atoms with Crippen molar-refractivity contribution in [1.29, 1.82) is 5.26 Å². The number of hydrogen-bond donors (Lipinski definition) is 2. The first-order valence-electron chi connectivity index (χ1n) is 9.07. The fourth-order valence-corrected chi connectivity index (χ4v) is 3.31. The SMILES string of the molecule is N#Cc1ccc(OCC(=O)NNC(=O)Cc2csc(-c3ccc(C(F)(F)F)cc3)n2)cc1. The molecule has 2 N–H and O–H groups in total. The normalized spacial score (nSPS) is 10.8. The first kappa shape index (κ1) is 22.8. The van der Waals surface area contributed by atoms with Gasteiger partial charge >= 0.3 is 6.18 Å². The molecule has 3 aromatic rings. The van der Waals surface area contributed by atoms with E-state index < -0.39 is 23.6 Å². The number of amides is 2. The Balaban J connectivity index is 1.45. The second-order valence-corrected chi connectivity index (χ2v) is 7.28. The Kier molecular flexibility index (Phi) is 7.07. The van der Waals surface area contributed by atoms with Gasteiger partial charge in [-0.3, -0.25) is 20.4 Å². The molecule has 164 valence electrons. The highest BCUT2D eigenvalue weighted by Gasteiger charge is 2.30. The van der Waals surface area contributed by atoms with Crippen LogP contribution in [-0.4, -0.2) is 23.4 Å². The van der Waals surface area contributed by atoms with Gasteiger partial charge in [-0.1, -0.05) is 12.1 Å². The molecule has 32 heavy (non-hydrogen) atoms. The third-order valence-corrected chi connectivity index (χ3v) is 4.99. The predicted octanol–water partition coefficient (Wildman–Crippen LogP) is 3.47. The molecule has 2 aromatic carbocycles. The zero-order chi connectivity index (χ0) is 23.1. The van der Waals surface area contributed by atoms with E-state index in [-0.39, 0.29) is 13.0 Å². The van der Waals surface area contributed by atoms with Gasteiger partial charge in [0.15, 0.2) is 6.61 Å². The maximum absolute atomic E-state index is 12.7. The van der Waals surface area contributed by atoms with Crippen LogP contribution in [0.5, 0.6) is 5.75 Å². The Morgan fingerprint density at radius 1 is 1.03 bits per heavy atom. The molecular formula is C21H15F3N4O3S. The molecule has 0 aliphatic carbocycles. The van der Waals surface area contributed by atoms with Gasteiger partial charge in [-0.15, -0.1) is 11.3 Å². The van der Waals surface area contributed by atoms with Crippen LogP contribution < -0.4 is 15.6 Å². The summed E-state index contributed by atoms with van der Waals surface area (Å²) < 4.78 is 43.2. The molecule has 0 aliphatic rings. The van der Waals surface area contributed by atoms with E-state index >= 15 is 0 Å². The van der Waals surface area contributed by atoms with Gasteiger partial charge in [0.25, 0.3) is 5.91 Å². The molecule has 7 nitrogen and oxygen atoms in total. The van der Waals surface area contributed by atoms with E-state index in [9.17, 15) is 22.8 Å². The van der Waals surface area contributed by atoms with Crippen molar-refractivity contribution in [2.45, 2.75) is 12.6 Å². The molecule has 11 heteroatoms. The molecule has 0 spiro atoms. The topological polar surface area (TPSA) is 104 Å². The van der Waals surface area contributed by atoms with Crippen LogP contribution in [0.15, 0.2) is 53.9 Å². The first-order chi connectivity index (χ1) is 15.2. The summed E-state index contributed by atoms with van der Waals surface area (Å²) in [5.41, 5.74) is 5.06. The van der Waals surface area contributed by atoms with E-state index in [4.69, 9.17) is 10.00 Å². The van der Waals surface area contributed by atoms with Crippen molar-refractivity contribution < 1.29 is 27.5 Å². The van der Waals surface area contributed by atoms with Gasteiger partial charge in [0.1, 0.15) is 10.8 Å². The largest absolute Gasteiger partial charge is 0.484 e. The van der Waals surface area contributed by atoms with Crippen LogP contribution in [0.3, 0.4) is 0 Å². The Bertz CT molecular complexity index is 1140. The standard InChI is InChI=1S/C21H15F3N4O3S/c22-21(23,24)15-5-3-14(4-6-15)20-26-16(12-32-20)9-18(29)27-28-19(30)11-31-17-7-1-13(10-25)2-8-17/h1-8,12H,9,11H2,(H,27,29)(H,28,30). The Labute approximate surface area is 184 Å². The Morgan fingerprint density at radius 2 is 1.69 bits per heavy atom. The zero-order valence-electron chi connectivity index (χ0n) is 16.3. The monoisotopic (exact) mass is 460 g/mol. The van der Waals surface area contributed by atoms with Gasteiger partial charge in [0, 0.05) is 10.9 Å². The molecule has 0 unspecified atom stereocenters. The van der Waals surface area contributed by atoms with Crippen LogP contribution in [0.1, 0.15) is 16.8 Å². The minimum Gasteiger partial charge on any atom is -0.484 e. The predicted molar refractivity (Wildman–Crippen MR) is 109 cm³/mol. The second-order valence-electron chi connectivity index (χ2n) is 6.42. The third kappa shape index (κ3) is 6.29. The summed E-state index contributed by atoms with van der Waals surface area (Å²) >= 11 is 1.19. The molecule has 0 saturated carbocycles. The third-order valence-electron chi connectivity index (χ3n) is 4.05. The van der Waals surface area contributed by atoms with Crippen LogP contribution in [0, 0.1) is 11.3 Å². The minimum absolute atomic E-state index is 0.131. The summed E-state index contributed by atoms with van der Waals surface area (Å²) in [5, 5.41) is 10.8. The summed E-state index contributed by atoms with van der Waals surface area (Å²) in [7, 11) is 0. The van der Waals surface area contributed by atoms with Crippen molar-refractivity contribution in [3.05, 3.63) is 70.7 Å². The molecule has 3 rings (SSSR count). The van der Waals surface area contributed by atoms with Crippen LogP contribution in [0.4, 0.5) is 13.2 Å². The number of carbonyl (C=O) groups excluding carboxylic acids is 2. The average molecular weight is 460 g/mol. The van der Waals surface area contributed by atoms with E-state index in [1.165, 1.54) is 23.5 Å². The molecule has 0 bridgehead atoms. The lowest BCUT2D eigenvalue weighted by atomic mass is 10.1. The summed E-state index contributed by atoms with van der Waals surface area (Å²) in [5.74, 6) is -0.726. The highest BCUT2D eigenvalue weighted by atomic mass is 32.1. The number of hydrazine groups is 1. The van der Waals surface area contributed by atoms with E-state index in [1.807, 2.05) is 6.07 Å². The highest BCUT2D eigenvalue weighted by Crippen LogP contribution is 2.31. The lowest BCUT2D eigenvalue weighted by Crippen LogP contribution is -2.44. The second kappa shape index (κ2) is 9.93. The van der Waals surface area contributed by atoms with Gasteiger partial charge in [-0.2, -0.15) is 18.4 Å². The van der Waals surface area contributed by atoms with Crippen LogP contribution in [0.25, 0.3) is 10.6 Å². The fraction of sp³-hybridized carbons (Fsp3) is 0.143. The van der Waals surface area contributed by atoms with Crippen LogP contribution in [0.2, 0.25) is 0 Å². The quantitative estimate of drug-likeness (QED) is 0.549. The van der Waals surface area contributed by atoms with Gasteiger partial charge in [0.05, 0.1) is 29.3 Å². The Morgan fingerprint density at radius 3 is 2.31 bits per heavy atom. The van der Waals surface area contributed by atoms with Crippen molar-refractivity contribution in [1.82, 2.24) is 15.8 Å². The number of thiazole rings is 1. The number of hydrogen-bond acceptors (Lipinski definition) is 6. The maximum Gasteiger partial charge on any atom is 0.416 e. The van der Waals surface area contributed by atoms with Crippen molar-refractivity contribution in [2.75, 3.05) is 6.61 Å². The molecule has 0 saturated heterocycles. The number of nitriles is 1. The van der Waals surface area contributed by atoms with Crippen molar-refractivity contribution in [2.24, 2.45) is 0 Å². The average Bonchev–Trinajstić information content (AvgIpc) is 3.24. The first-order valence-corrected chi connectivity index (χ1v) is 9.95. The number of alkyl halides is 3. The number of nitrogens with one attached hydrogen (secondary N) is 2. The van der Waals surface area contributed by atoms with Crippen molar-refractivity contribution in [3.63, 3.8) is 0 Å². The molecule has 0 fully saturated rings. The number of rotatable bonds is 6. The molecule has 1 heterocycles. The summed E-state index contributed by atoms with van der Waals surface area (Å²) in [6.07, 6.45) is -4.55. The summed E-state index contributed by atoms with van der Waals surface area (Å²) in [6.45, 7) is -0.346. The van der Waals surface area contributed by atoms with E-state index in [0.29, 0.717) is 27.6 Å². The number of nitrogens with zero attached hydrogens (tertiary/aromatic N) is 2. The van der Waals surface area contributed by atoms with Crippen molar-refractivity contribution in [3.8, 4) is 22.4 Å². The number of carbonyl (C=O) groups is 2. The van der Waals surface area contributed by atoms with Gasteiger partial charge in [-0.05, 0) is 36.4 Å². The fourth-order valence-electron chi connectivity index (χ4n) is 2.48. The van der Waals surface area contributed by atoms with Gasteiger partial charge in [-0.25, -0.2) is 4.98 Å². The van der Waals surface area contributed by atoms with E-state index in [1.54, 1.807) is 29.6 Å². The number of benzene rings is 2. The van der Waals surface area contributed by atoms with Crippen LogP contribution >= 0.6 is 11.3 Å². The van der Waals surface area contributed by atoms with Gasteiger partial charge in [0.2, 0.25) is 5.91 Å². The minimum atomic E-state index is -4.41. The molecule has 1 aromatic heterocycles. The molecule has 0 aliphatic heterocycles. The molecule has 2 amide bonds. The summed E-state index contributed by atoms with van der Waals surface area (Å²) in [6, 6.07) is 12.7. The lowest BCUT2D eigenvalue weighted by molar-refractivity contribution is -0.137. The Hall–Kier alpha value is -3.91. The summed E-state index contributed by atoms with van der Waals surface area (Å²) in [4.78, 5) is 28.0. The van der Waals surface area contributed by atoms with E-state index in [0.717, 1.165) is 12.1 Å². The van der Waals surface area contributed by atoms with Crippen molar-refractivity contribution >= 4 is 23.2 Å². The number of aromatic nitrogens is 1. The van der Waals surface area contributed by atoms with E-state index in [2.05, 4.69) is 15.8 Å².